The summed E-state index contributed by atoms with van der Waals surface area (Å²) in [5.74, 6) is 0.594. The fraction of sp³-hybridized carbons (Fsp3) is 0.600. The zero-order chi connectivity index (χ0) is 14.6. The van der Waals surface area contributed by atoms with Gasteiger partial charge >= 0.3 is 0 Å². The Bertz CT molecular complexity index is 514. The Morgan fingerprint density at radius 2 is 2.00 bits per heavy atom. The molecule has 1 N–H and O–H groups in total. The van der Waals surface area contributed by atoms with Crippen molar-refractivity contribution in [3.05, 3.63) is 35.9 Å². The van der Waals surface area contributed by atoms with Gasteiger partial charge in [-0.1, -0.05) is 44.2 Å². The highest BCUT2D eigenvalue weighted by Gasteiger charge is 2.32. The van der Waals surface area contributed by atoms with E-state index in [1.807, 2.05) is 30.3 Å². The van der Waals surface area contributed by atoms with Crippen LogP contribution < -0.4 is 5.32 Å². The van der Waals surface area contributed by atoms with Crippen LogP contribution in [0.25, 0.3) is 0 Å². The monoisotopic (exact) mass is 296 g/mol. The summed E-state index contributed by atoms with van der Waals surface area (Å²) < 4.78 is 27.0. The van der Waals surface area contributed by atoms with Crippen molar-refractivity contribution in [2.24, 2.45) is 5.92 Å². The summed E-state index contributed by atoms with van der Waals surface area (Å²) >= 11 is 0. The second kappa shape index (κ2) is 6.70. The molecular formula is C15H24N2O2S. The molecule has 1 aliphatic rings. The van der Waals surface area contributed by atoms with Gasteiger partial charge in [0, 0.05) is 25.7 Å². The van der Waals surface area contributed by atoms with Crippen LogP contribution >= 0.6 is 0 Å². The van der Waals surface area contributed by atoms with Crippen molar-refractivity contribution >= 4 is 10.0 Å². The van der Waals surface area contributed by atoms with Crippen LogP contribution in [-0.4, -0.2) is 38.4 Å². The van der Waals surface area contributed by atoms with Gasteiger partial charge in [0.25, 0.3) is 0 Å². The average Bonchev–Trinajstić information content (AvgIpc) is 2.39. The summed E-state index contributed by atoms with van der Waals surface area (Å²) in [7, 11) is -3.24. The molecule has 2 rings (SSSR count). The van der Waals surface area contributed by atoms with Crippen molar-refractivity contribution in [1.82, 2.24) is 9.62 Å². The first kappa shape index (κ1) is 15.5. The topological polar surface area (TPSA) is 49.4 Å². The third-order valence-corrected chi connectivity index (χ3v) is 5.48. The fourth-order valence-electron chi connectivity index (χ4n) is 2.72. The summed E-state index contributed by atoms with van der Waals surface area (Å²) in [4.78, 5) is 0. The predicted molar refractivity (Wildman–Crippen MR) is 81.9 cm³/mol. The highest BCUT2D eigenvalue weighted by Crippen LogP contribution is 2.20. The molecule has 1 atom stereocenters. The maximum absolute atomic E-state index is 12.6. The van der Waals surface area contributed by atoms with Gasteiger partial charge in [-0.3, -0.25) is 0 Å². The van der Waals surface area contributed by atoms with Gasteiger partial charge in [0.15, 0.2) is 0 Å². The zero-order valence-corrected chi connectivity index (χ0v) is 13.1. The molecule has 1 unspecified atom stereocenters. The van der Waals surface area contributed by atoms with Crippen molar-refractivity contribution in [3.63, 3.8) is 0 Å². The first-order chi connectivity index (χ1) is 9.49. The molecular weight excluding hydrogens is 272 g/mol. The molecule has 0 aromatic heterocycles. The molecule has 0 aliphatic carbocycles. The number of hydrogen-bond donors (Lipinski definition) is 1. The van der Waals surface area contributed by atoms with Crippen LogP contribution in [0.5, 0.6) is 0 Å². The normalized spacial score (nSPS) is 21.2. The van der Waals surface area contributed by atoms with E-state index in [4.69, 9.17) is 0 Å². The van der Waals surface area contributed by atoms with Gasteiger partial charge in [0.1, 0.15) is 0 Å². The molecule has 0 bridgehead atoms. The van der Waals surface area contributed by atoms with Crippen molar-refractivity contribution in [2.45, 2.75) is 32.1 Å². The third-order valence-electron chi connectivity index (χ3n) is 3.59. The highest BCUT2D eigenvalue weighted by molar-refractivity contribution is 7.88. The van der Waals surface area contributed by atoms with Crippen molar-refractivity contribution in [1.29, 1.82) is 0 Å². The minimum Gasteiger partial charge on any atom is -0.314 e. The summed E-state index contributed by atoms with van der Waals surface area (Å²) in [5.41, 5.74) is 0.856. The first-order valence-electron chi connectivity index (χ1n) is 7.23. The lowest BCUT2D eigenvalue weighted by Crippen LogP contribution is -2.54. The summed E-state index contributed by atoms with van der Waals surface area (Å²) in [5, 5.41) is 3.30. The molecule has 1 aliphatic heterocycles. The molecule has 1 heterocycles. The van der Waals surface area contributed by atoms with Gasteiger partial charge in [-0.15, -0.1) is 0 Å². The quantitative estimate of drug-likeness (QED) is 0.902. The van der Waals surface area contributed by atoms with E-state index in [2.05, 4.69) is 19.2 Å². The minimum atomic E-state index is -3.24. The van der Waals surface area contributed by atoms with E-state index in [1.165, 1.54) is 0 Å². The van der Waals surface area contributed by atoms with Gasteiger partial charge in [0.2, 0.25) is 10.0 Å². The third kappa shape index (κ3) is 4.04. The van der Waals surface area contributed by atoms with E-state index in [1.54, 1.807) is 4.31 Å². The Hall–Kier alpha value is -0.910. The SMILES string of the molecule is CC(C)CC1CNCCN1S(=O)(=O)Cc1ccccc1. The number of rotatable bonds is 5. The number of hydrogen-bond acceptors (Lipinski definition) is 3. The van der Waals surface area contributed by atoms with Gasteiger partial charge < -0.3 is 5.32 Å². The molecule has 112 valence electrons. The highest BCUT2D eigenvalue weighted by atomic mass is 32.2. The molecule has 5 heteroatoms. The molecule has 1 saturated heterocycles. The number of piperazine rings is 1. The van der Waals surface area contributed by atoms with E-state index in [0.29, 0.717) is 12.5 Å². The molecule has 1 aromatic rings. The maximum Gasteiger partial charge on any atom is 0.218 e. The van der Waals surface area contributed by atoms with Gasteiger partial charge in [-0.2, -0.15) is 4.31 Å². The number of sulfonamides is 1. The Morgan fingerprint density at radius 1 is 1.30 bits per heavy atom. The van der Waals surface area contributed by atoms with Crippen molar-refractivity contribution < 1.29 is 8.42 Å². The maximum atomic E-state index is 12.6. The molecule has 4 nitrogen and oxygen atoms in total. The minimum absolute atomic E-state index is 0.0810. The van der Waals surface area contributed by atoms with Gasteiger partial charge in [0.05, 0.1) is 5.75 Å². The smallest absolute Gasteiger partial charge is 0.218 e. The number of nitrogens with zero attached hydrogens (tertiary/aromatic N) is 1. The van der Waals surface area contributed by atoms with E-state index in [0.717, 1.165) is 25.1 Å². The molecule has 0 radical (unpaired) electrons. The van der Waals surface area contributed by atoms with Crippen LogP contribution in [0.4, 0.5) is 0 Å². The van der Waals surface area contributed by atoms with Gasteiger partial charge in [-0.25, -0.2) is 8.42 Å². The lowest BCUT2D eigenvalue weighted by Gasteiger charge is -2.36. The van der Waals surface area contributed by atoms with Crippen molar-refractivity contribution in [2.75, 3.05) is 19.6 Å². The molecule has 0 saturated carbocycles. The lowest BCUT2D eigenvalue weighted by molar-refractivity contribution is 0.237. The lowest BCUT2D eigenvalue weighted by atomic mass is 10.0. The zero-order valence-electron chi connectivity index (χ0n) is 12.2. The second-order valence-electron chi connectivity index (χ2n) is 5.84. The summed E-state index contributed by atoms with van der Waals surface area (Å²) in [6.07, 6.45) is 0.904. The summed E-state index contributed by atoms with van der Waals surface area (Å²) in [6, 6.07) is 9.50. The first-order valence-corrected chi connectivity index (χ1v) is 8.84. The Balaban J connectivity index is 2.13. The largest absolute Gasteiger partial charge is 0.314 e. The van der Waals surface area contributed by atoms with Crippen LogP contribution in [0.15, 0.2) is 30.3 Å². The van der Waals surface area contributed by atoms with Gasteiger partial charge in [-0.05, 0) is 17.9 Å². The predicted octanol–water partition coefficient (Wildman–Crippen LogP) is 1.84. The van der Waals surface area contributed by atoms with Crippen LogP contribution in [-0.2, 0) is 15.8 Å². The van der Waals surface area contributed by atoms with Crippen LogP contribution in [0.3, 0.4) is 0 Å². The Morgan fingerprint density at radius 3 is 2.65 bits per heavy atom. The molecule has 1 aromatic carbocycles. The molecule has 1 fully saturated rings. The van der Waals surface area contributed by atoms with Crippen LogP contribution in [0.2, 0.25) is 0 Å². The van der Waals surface area contributed by atoms with Crippen LogP contribution in [0, 0.1) is 5.92 Å². The van der Waals surface area contributed by atoms with E-state index >= 15 is 0 Å². The summed E-state index contributed by atoms with van der Waals surface area (Å²) in [6.45, 7) is 6.34. The fourth-order valence-corrected chi connectivity index (χ4v) is 4.49. The standard InChI is InChI=1S/C15H24N2O2S/c1-13(2)10-15-11-16-8-9-17(15)20(18,19)12-14-6-4-3-5-7-14/h3-7,13,15-16H,8-12H2,1-2H3. The molecule has 0 spiro atoms. The Kier molecular flexibility index (Phi) is 5.18. The second-order valence-corrected chi connectivity index (χ2v) is 7.76. The van der Waals surface area contributed by atoms with E-state index in [-0.39, 0.29) is 11.8 Å². The average molecular weight is 296 g/mol. The van der Waals surface area contributed by atoms with E-state index < -0.39 is 10.0 Å². The Labute approximate surface area is 122 Å². The van der Waals surface area contributed by atoms with Crippen LogP contribution in [0.1, 0.15) is 25.8 Å². The molecule has 0 amide bonds. The van der Waals surface area contributed by atoms with E-state index in [9.17, 15) is 8.42 Å². The molecule has 20 heavy (non-hydrogen) atoms. The number of nitrogens with one attached hydrogen (secondary N) is 1. The number of benzene rings is 1. The van der Waals surface area contributed by atoms with Crippen molar-refractivity contribution in [3.8, 4) is 0 Å².